The molecule has 0 amide bonds. The average Bonchev–Trinajstić information content (AvgIpc) is 2.79. The van der Waals surface area contributed by atoms with Crippen LogP contribution in [0.2, 0.25) is 0 Å². The minimum atomic E-state index is 0.837. The lowest BCUT2D eigenvalue weighted by Crippen LogP contribution is -2.19. The highest BCUT2D eigenvalue weighted by Gasteiger charge is 2.12. The summed E-state index contributed by atoms with van der Waals surface area (Å²) in [6.45, 7) is 1.95. The highest BCUT2D eigenvalue weighted by atomic mass is 16.5. The molecule has 84 valence electrons. The van der Waals surface area contributed by atoms with E-state index in [4.69, 9.17) is 4.52 Å². The highest BCUT2D eigenvalue weighted by Crippen LogP contribution is 2.25. The molecule has 0 aromatic carbocycles. The van der Waals surface area contributed by atoms with Crippen LogP contribution in [-0.2, 0) is 6.54 Å². The predicted molar refractivity (Wildman–Crippen MR) is 59.4 cm³/mol. The molecule has 0 saturated heterocycles. The van der Waals surface area contributed by atoms with Gasteiger partial charge < -0.3 is 9.84 Å². The third-order valence-corrected chi connectivity index (χ3v) is 3.25. The molecule has 0 spiro atoms. The van der Waals surface area contributed by atoms with Gasteiger partial charge in [0.1, 0.15) is 6.26 Å². The third-order valence-electron chi connectivity index (χ3n) is 3.25. The Morgan fingerprint density at radius 2 is 2.20 bits per heavy atom. The van der Waals surface area contributed by atoms with Gasteiger partial charge in [-0.2, -0.15) is 0 Å². The second-order valence-corrected chi connectivity index (χ2v) is 4.46. The Balaban J connectivity index is 1.54. The van der Waals surface area contributed by atoms with Crippen LogP contribution in [0.5, 0.6) is 0 Å². The van der Waals surface area contributed by atoms with Gasteiger partial charge in [-0.25, -0.2) is 0 Å². The second-order valence-electron chi connectivity index (χ2n) is 4.46. The lowest BCUT2D eigenvalue weighted by atomic mass is 9.87. The Kier molecular flexibility index (Phi) is 4.21. The maximum atomic E-state index is 4.77. The lowest BCUT2D eigenvalue weighted by molar-refractivity contribution is 0.333. The Morgan fingerprint density at radius 1 is 1.33 bits per heavy atom. The van der Waals surface area contributed by atoms with E-state index < -0.39 is 0 Å². The van der Waals surface area contributed by atoms with Crippen molar-refractivity contribution in [3.05, 3.63) is 18.0 Å². The Hall–Kier alpha value is -0.830. The van der Waals surface area contributed by atoms with Gasteiger partial charge in [0, 0.05) is 12.6 Å². The summed E-state index contributed by atoms with van der Waals surface area (Å²) in [5.41, 5.74) is 0.999. The van der Waals surface area contributed by atoms with E-state index in [9.17, 15) is 0 Å². The van der Waals surface area contributed by atoms with Crippen LogP contribution in [-0.4, -0.2) is 11.7 Å². The number of hydrogen-bond acceptors (Lipinski definition) is 3. The van der Waals surface area contributed by atoms with Gasteiger partial charge in [-0.3, -0.25) is 0 Å². The molecule has 1 aromatic heterocycles. The minimum Gasteiger partial charge on any atom is -0.364 e. The minimum absolute atomic E-state index is 0.837. The average molecular weight is 208 g/mol. The van der Waals surface area contributed by atoms with Gasteiger partial charge in [0.2, 0.25) is 0 Å². The van der Waals surface area contributed by atoms with E-state index in [1.165, 1.54) is 38.5 Å². The number of hydrogen-bond donors (Lipinski definition) is 1. The number of nitrogens with zero attached hydrogens (tertiary/aromatic N) is 1. The van der Waals surface area contributed by atoms with Gasteiger partial charge in [0.25, 0.3) is 0 Å². The molecule has 1 aliphatic carbocycles. The van der Waals surface area contributed by atoms with Gasteiger partial charge in [0.15, 0.2) is 0 Å². The fraction of sp³-hybridized carbons (Fsp3) is 0.750. The first-order valence-electron chi connectivity index (χ1n) is 6.05. The third kappa shape index (κ3) is 3.67. The summed E-state index contributed by atoms with van der Waals surface area (Å²) in [4.78, 5) is 0. The molecule has 0 bridgehead atoms. The van der Waals surface area contributed by atoms with Crippen LogP contribution in [0, 0.1) is 5.92 Å². The molecule has 1 N–H and O–H groups in total. The van der Waals surface area contributed by atoms with Gasteiger partial charge in [-0.05, 0) is 18.9 Å². The zero-order valence-corrected chi connectivity index (χ0v) is 9.24. The van der Waals surface area contributed by atoms with Crippen molar-refractivity contribution < 1.29 is 4.52 Å². The topological polar surface area (TPSA) is 38.1 Å². The van der Waals surface area contributed by atoms with Crippen molar-refractivity contribution in [1.29, 1.82) is 0 Å². The summed E-state index contributed by atoms with van der Waals surface area (Å²) in [6, 6.07) is 1.91. The van der Waals surface area contributed by atoms with E-state index in [0.717, 1.165) is 24.7 Å². The van der Waals surface area contributed by atoms with Gasteiger partial charge in [-0.15, -0.1) is 0 Å². The van der Waals surface area contributed by atoms with Crippen LogP contribution in [0.25, 0.3) is 0 Å². The van der Waals surface area contributed by atoms with E-state index in [1.807, 2.05) is 6.07 Å². The molecule has 1 heterocycles. The largest absolute Gasteiger partial charge is 0.364 e. The fourth-order valence-corrected chi connectivity index (χ4v) is 2.33. The molecule has 3 nitrogen and oxygen atoms in total. The van der Waals surface area contributed by atoms with Gasteiger partial charge in [0.05, 0.1) is 5.69 Å². The predicted octanol–water partition coefficient (Wildman–Crippen LogP) is 2.73. The van der Waals surface area contributed by atoms with E-state index in [0.29, 0.717) is 0 Å². The summed E-state index contributed by atoms with van der Waals surface area (Å²) >= 11 is 0. The smallest absolute Gasteiger partial charge is 0.124 e. The zero-order valence-electron chi connectivity index (χ0n) is 9.24. The van der Waals surface area contributed by atoms with Crippen LogP contribution >= 0.6 is 0 Å². The highest BCUT2D eigenvalue weighted by molar-refractivity contribution is 4.94. The van der Waals surface area contributed by atoms with Crippen LogP contribution in [0.15, 0.2) is 16.9 Å². The van der Waals surface area contributed by atoms with Crippen molar-refractivity contribution in [1.82, 2.24) is 10.5 Å². The van der Waals surface area contributed by atoms with Crippen LogP contribution in [0.1, 0.15) is 44.2 Å². The zero-order chi connectivity index (χ0) is 10.3. The van der Waals surface area contributed by atoms with Crippen molar-refractivity contribution in [3.8, 4) is 0 Å². The molecule has 0 atom stereocenters. The van der Waals surface area contributed by atoms with E-state index in [1.54, 1.807) is 6.26 Å². The summed E-state index contributed by atoms with van der Waals surface area (Å²) in [7, 11) is 0. The van der Waals surface area contributed by atoms with E-state index >= 15 is 0 Å². The van der Waals surface area contributed by atoms with Crippen LogP contribution < -0.4 is 5.32 Å². The van der Waals surface area contributed by atoms with Crippen molar-refractivity contribution in [3.63, 3.8) is 0 Å². The first-order chi connectivity index (χ1) is 7.45. The van der Waals surface area contributed by atoms with Crippen LogP contribution in [0.3, 0.4) is 0 Å². The molecule has 2 rings (SSSR count). The Bertz CT molecular complexity index is 253. The number of nitrogens with one attached hydrogen (secondary N) is 1. The molecule has 1 saturated carbocycles. The summed E-state index contributed by atoms with van der Waals surface area (Å²) in [5.74, 6) is 0.962. The molecule has 1 fully saturated rings. The molecule has 15 heavy (non-hydrogen) atoms. The second kappa shape index (κ2) is 5.91. The maximum absolute atomic E-state index is 4.77. The van der Waals surface area contributed by atoms with Crippen molar-refractivity contribution in [2.45, 2.75) is 45.1 Å². The fourth-order valence-electron chi connectivity index (χ4n) is 2.33. The molecule has 0 aliphatic heterocycles. The van der Waals surface area contributed by atoms with Gasteiger partial charge >= 0.3 is 0 Å². The van der Waals surface area contributed by atoms with E-state index in [2.05, 4.69) is 10.5 Å². The van der Waals surface area contributed by atoms with Crippen molar-refractivity contribution in [2.24, 2.45) is 5.92 Å². The lowest BCUT2D eigenvalue weighted by Gasteiger charge is -2.21. The Morgan fingerprint density at radius 3 is 2.93 bits per heavy atom. The molecule has 1 aliphatic rings. The van der Waals surface area contributed by atoms with Crippen LogP contribution in [0.4, 0.5) is 0 Å². The molecule has 0 radical (unpaired) electrons. The normalized spacial score (nSPS) is 18.1. The quantitative estimate of drug-likeness (QED) is 0.756. The summed E-state index contributed by atoms with van der Waals surface area (Å²) < 4.78 is 4.77. The molecule has 3 heteroatoms. The summed E-state index contributed by atoms with van der Waals surface area (Å²) in [5, 5.41) is 7.28. The Labute approximate surface area is 91.2 Å². The SMILES string of the molecule is c1cc(CNCCC2CCCCC2)no1. The van der Waals surface area contributed by atoms with E-state index in [-0.39, 0.29) is 0 Å². The first-order valence-corrected chi connectivity index (χ1v) is 6.05. The van der Waals surface area contributed by atoms with Crippen molar-refractivity contribution in [2.75, 3.05) is 6.54 Å². The van der Waals surface area contributed by atoms with Crippen molar-refractivity contribution >= 4 is 0 Å². The summed E-state index contributed by atoms with van der Waals surface area (Å²) in [6.07, 6.45) is 10.1. The van der Waals surface area contributed by atoms with Gasteiger partial charge in [-0.1, -0.05) is 37.3 Å². The maximum Gasteiger partial charge on any atom is 0.124 e. The molecular formula is C12H20N2O. The first kappa shape index (κ1) is 10.7. The molecular weight excluding hydrogens is 188 g/mol. The standard InChI is InChI=1S/C12H20N2O/c1-2-4-11(5-3-1)6-8-13-10-12-7-9-15-14-12/h7,9,11,13H,1-6,8,10H2. The number of rotatable bonds is 5. The molecule has 1 aromatic rings. The number of aromatic nitrogens is 1. The monoisotopic (exact) mass is 208 g/mol. The molecule has 0 unspecified atom stereocenters.